The number of hydrogen-bond acceptors (Lipinski definition) is 7. The Balaban J connectivity index is 1.24. The van der Waals surface area contributed by atoms with Gasteiger partial charge in [-0.3, -0.25) is 9.59 Å². The van der Waals surface area contributed by atoms with Gasteiger partial charge in [-0.05, 0) is 74.9 Å². The first kappa shape index (κ1) is 28.0. The molecule has 41 heavy (non-hydrogen) atoms. The monoisotopic (exact) mass is 557 g/mol. The fourth-order valence-electron chi connectivity index (χ4n) is 5.53. The van der Waals surface area contributed by atoms with E-state index in [1.165, 1.54) is 0 Å². The number of carbonyl (C=O) groups is 2. The fraction of sp³-hybridized carbons (Fsp3) is 0.344. The molecule has 1 aliphatic rings. The Morgan fingerprint density at radius 1 is 1.02 bits per heavy atom. The SMILES string of the molecule is COc1ccc(CCNC(=O)c2oc3c(c2C)/C(=N/NC(=O)Cc2coc4cc(C)cc(C)c24)CCC3)cc1OC. The Morgan fingerprint density at radius 2 is 1.83 bits per heavy atom. The highest BCUT2D eigenvalue weighted by molar-refractivity contribution is 6.06. The van der Waals surface area contributed by atoms with E-state index in [1.54, 1.807) is 20.5 Å². The van der Waals surface area contributed by atoms with Crippen molar-refractivity contribution in [2.24, 2.45) is 5.10 Å². The molecule has 0 aliphatic heterocycles. The molecule has 2 aromatic heterocycles. The number of fused-ring (bicyclic) bond motifs is 2. The van der Waals surface area contributed by atoms with Gasteiger partial charge in [0.15, 0.2) is 17.3 Å². The van der Waals surface area contributed by atoms with Crippen molar-refractivity contribution in [3.05, 3.63) is 81.5 Å². The van der Waals surface area contributed by atoms with Crippen LogP contribution in [0.15, 0.2) is 50.5 Å². The van der Waals surface area contributed by atoms with Gasteiger partial charge in [-0.1, -0.05) is 12.1 Å². The summed E-state index contributed by atoms with van der Waals surface area (Å²) in [6.07, 6.45) is 4.62. The van der Waals surface area contributed by atoms with Crippen LogP contribution in [-0.4, -0.2) is 38.3 Å². The summed E-state index contributed by atoms with van der Waals surface area (Å²) in [4.78, 5) is 25.9. The van der Waals surface area contributed by atoms with Gasteiger partial charge < -0.3 is 23.6 Å². The summed E-state index contributed by atoms with van der Waals surface area (Å²) in [6, 6.07) is 9.74. The van der Waals surface area contributed by atoms with Gasteiger partial charge in [0.25, 0.3) is 5.91 Å². The molecule has 0 bridgehead atoms. The summed E-state index contributed by atoms with van der Waals surface area (Å²) < 4.78 is 22.3. The number of aryl methyl sites for hydroxylation is 3. The van der Waals surface area contributed by atoms with Gasteiger partial charge in [0.05, 0.1) is 32.6 Å². The van der Waals surface area contributed by atoms with Gasteiger partial charge >= 0.3 is 0 Å². The second-order valence-corrected chi connectivity index (χ2v) is 10.4. The Bertz CT molecular complexity index is 1640. The molecule has 0 saturated heterocycles. The minimum atomic E-state index is -0.279. The van der Waals surface area contributed by atoms with E-state index in [4.69, 9.17) is 18.3 Å². The normalized spacial score (nSPS) is 13.7. The first-order valence-corrected chi connectivity index (χ1v) is 13.7. The number of hydrogen-bond donors (Lipinski definition) is 2. The van der Waals surface area contributed by atoms with Gasteiger partial charge in [-0.25, -0.2) is 5.43 Å². The van der Waals surface area contributed by atoms with E-state index in [-0.39, 0.29) is 24.0 Å². The lowest BCUT2D eigenvalue weighted by atomic mass is 9.93. The number of carbonyl (C=O) groups excluding carboxylic acids is 2. The molecular formula is C32H35N3O6. The summed E-state index contributed by atoms with van der Waals surface area (Å²) in [6.45, 7) is 6.32. The molecule has 2 heterocycles. The number of rotatable bonds is 9. The minimum Gasteiger partial charge on any atom is -0.493 e. The summed E-state index contributed by atoms with van der Waals surface area (Å²) in [5.41, 5.74) is 9.75. The van der Waals surface area contributed by atoms with Crippen LogP contribution < -0.4 is 20.2 Å². The lowest BCUT2D eigenvalue weighted by molar-refractivity contribution is -0.120. The molecule has 214 valence electrons. The van der Waals surface area contributed by atoms with E-state index in [0.29, 0.717) is 43.0 Å². The van der Waals surface area contributed by atoms with Crippen LogP contribution in [-0.2, 0) is 24.1 Å². The predicted molar refractivity (Wildman–Crippen MR) is 156 cm³/mol. The van der Waals surface area contributed by atoms with Crippen LogP contribution in [0.1, 0.15) is 62.5 Å². The number of hydrazone groups is 1. The average Bonchev–Trinajstić information content (AvgIpc) is 3.52. The van der Waals surface area contributed by atoms with E-state index >= 15 is 0 Å². The van der Waals surface area contributed by atoms with Crippen LogP contribution in [0.2, 0.25) is 0 Å². The van der Waals surface area contributed by atoms with Crippen LogP contribution >= 0.6 is 0 Å². The molecule has 0 atom stereocenters. The highest BCUT2D eigenvalue weighted by Crippen LogP contribution is 2.31. The minimum absolute atomic E-state index is 0.151. The third-order valence-electron chi connectivity index (χ3n) is 7.44. The molecule has 2 N–H and O–H groups in total. The Kier molecular flexibility index (Phi) is 8.14. The molecule has 9 nitrogen and oxygen atoms in total. The van der Waals surface area contributed by atoms with Crippen molar-refractivity contribution >= 4 is 28.5 Å². The van der Waals surface area contributed by atoms with Gasteiger partial charge in [0, 0.05) is 35.0 Å². The topological polar surface area (TPSA) is 115 Å². The van der Waals surface area contributed by atoms with Crippen LogP contribution in [0, 0.1) is 20.8 Å². The number of furan rings is 2. The van der Waals surface area contributed by atoms with Crippen LogP contribution in [0.25, 0.3) is 11.0 Å². The van der Waals surface area contributed by atoms with Crippen LogP contribution in [0.3, 0.4) is 0 Å². The molecule has 0 saturated carbocycles. The predicted octanol–water partition coefficient (Wildman–Crippen LogP) is 5.34. The number of nitrogens with zero attached hydrogens (tertiary/aromatic N) is 1. The van der Waals surface area contributed by atoms with Gasteiger partial charge in [-0.2, -0.15) is 5.10 Å². The van der Waals surface area contributed by atoms with Crippen molar-refractivity contribution < 1.29 is 27.9 Å². The lowest BCUT2D eigenvalue weighted by Crippen LogP contribution is -2.26. The van der Waals surface area contributed by atoms with E-state index in [9.17, 15) is 9.59 Å². The molecule has 2 amide bonds. The van der Waals surface area contributed by atoms with Crippen molar-refractivity contribution in [3.63, 3.8) is 0 Å². The van der Waals surface area contributed by atoms with Crippen molar-refractivity contribution in [3.8, 4) is 11.5 Å². The van der Waals surface area contributed by atoms with E-state index < -0.39 is 0 Å². The number of amides is 2. The molecule has 2 aromatic carbocycles. The Hall–Kier alpha value is -4.53. The van der Waals surface area contributed by atoms with Gasteiger partial charge in [-0.15, -0.1) is 0 Å². The molecule has 0 unspecified atom stereocenters. The van der Waals surface area contributed by atoms with Crippen molar-refractivity contribution in [1.82, 2.24) is 10.7 Å². The molecule has 0 radical (unpaired) electrons. The molecule has 5 rings (SSSR count). The summed E-state index contributed by atoms with van der Waals surface area (Å²) in [5.74, 6) is 1.79. The Labute approximate surface area is 238 Å². The molecule has 0 spiro atoms. The van der Waals surface area contributed by atoms with Crippen molar-refractivity contribution in [1.29, 1.82) is 0 Å². The van der Waals surface area contributed by atoms with Crippen molar-refractivity contribution in [2.45, 2.75) is 52.9 Å². The summed E-state index contributed by atoms with van der Waals surface area (Å²) >= 11 is 0. The number of ether oxygens (including phenoxy) is 2. The number of methoxy groups -OCH3 is 2. The number of benzene rings is 2. The highest BCUT2D eigenvalue weighted by atomic mass is 16.5. The second kappa shape index (κ2) is 11.9. The van der Waals surface area contributed by atoms with Crippen LogP contribution in [0.4, 0.5) is 0 Å². The third-order valence-corrected chi connectivity index (χ3v) is 7.44. The maximum atomic E-state index is 13.0. The largest absolute Gasteiger partial charge is 0.493 e. The maximum Gasteiger partial charge on any atom is 0.287 e. The molecule has 0 fully saturated rings. The first-order valence-electron chi connectivity index (χ1n) is 13.7. The zero-order chi connectivity index (χ0) is 29.1. The smallest absolute Gasteiger partial charge is 0.287 e. The van der Waals surface area contributed by atoms with E-state index in [0.717, 1.165) is 56.5 Å². The standard InChI is InChI=1S/C32H35N3O6/c1-18-13-19(2)29-22(17-40-27(29)14-18)16-28(36)35-34-23-7-6-8-25-30(23)20(3)31(41-25)32(37)33-12-11-21-9-10-24(38-4)26(15-21)39-5/h9-10,13-15,17H,6-8,11-12,16H2,1-5H3,(H,33,37)(H,35,36)/b34-23+. The molecular weight excluding hydrogens is 522 g/mol. The quantitative estimate of drug-likeness (QED) is 0.269. The molecule has 1 aliphatic carbocycles. The summed E-state index contributed by atoms with van der Waals surface area (Å²) in [5, 5.41) is 8.38. The highest BCUT2D eigenvalue weighted by Gasteiger charge is 2.28. The van der Waals surface area contributed by atoms with Gasteiger partial charge in [0.2, 0.25) is 5.91 Å². The zero-order valence-corrected chi connectivity index (χ0v) is 24.1. The fourth-order valence-corrected chi connectivity index (χ4v) is 5.53. The average molecular weight is 558 g/mol. The molecule has 4 aromatic rings. The zero-order valence-electron chi connectivity index (χ0n) is 24.1. The van der Waals surface area contributed by atoms with Crippen LogP contribution in [0.5, 0.6) is 11.5 Å². The van der Waals surface area contributed by atoms with Gasteiger partial charge in [0.1, 0.15) is 11.3 Å². The van der Waals surface area contributed by atoms with E-state index in [1.807, 2.05) is 45.0 Å². The maximum absolute atomic E-state index is 13.0. The Morgan fingerprint density at radius 3 is 2.61 bits per heavy atom. The van der Waals surface area contributed by atoms with E-state index in [2.05, 4.69) is 21.9 Å². The number of nitrogens with one attached hydrogen (secondary N) is 2. The second-order valence-electron chi connectivity index (χ2n) is 10.4. The van der Waals surface area contributed by atoms with Crippen molar-refractivity contribution in [2.75, 3.05) is 20.8 Å². The molecule has 9 heteroatoms. The first-order chi connectivity index (χ1) is 19.8. The lowest BCUT2D eigenvalue weighted by Gasteiger charge is -2.13. The summed E-state index contributed by atoms with van der Waals surface area (Å²) in [7, 11) is 3.19. The third kappa shape index (κ3) is 5.84.